The van der Waals surface area contributed by atoms with Gasteiger partial charge in [0.15, 0.2) is 0 Å². The van der Waals surface area contributed by atoms with E-state index in [1.54, 1.807) is 34.1 Å². The lowest BCUT2D eigenvalue weighted by Crippen LogP contribution is -2.38. The van der Waals surface area contributed by atoms with Crippen molar-refractivity contribution in [1.29, 1.82) is 0 Å². The van der Waals surface area contributed by atoms with Gasteiger partial charge in [0.05, 0.1) is 0 Å². The summed E-state index contributed by atoms with van der Waals surface area (Å²) in [6.07, 6.45) is 1.31. The summed E-state index contributed by atoms with van der Waals surface area (Å²) in [5.74, 6) is -0.323. The van der Waals surface area contributed by atoms with E-state index in [-0.39, 0.29) is 11.9 Å². The zero-order chi connectivity index (χ0) is 21.1. The van der Waals surface area contributed by atoms with E-state index in [2.05, 4.69) is 10.3 Å². The molecule has 0 unspecified atom stereocenters. The molecule has 4 rings (SSSR count). The van der Waals surface area contributed by atoms with Gasteiger partial charge in [-0.3, -0.25) is 9.69 Å². The normalized spacial score (nSPS) is 15.7. The maximum absolute atomic E-state index is 12.7. The molecule has 0 radical (unpaired) electrons. The van der Waals surface area contributed by atoms with Crippen molar-refractivity contribution in [2.24, 2.45) is 4.99 Å². The van der Waals surface area contributed by atoms with Crippen molar-refractivity contribution < 1.29 is 14.3 Å². The molecule has 154 valence electrons. The fourth-order valence-corrected chi connectivity index (χ4v) is 3.63. The zero-order valence-corrected chi connectivity index (χ0v) is 17.4. The van der Waals surface area contributed by atoms with Crippen LogP contribution in [0.15, 0.2) is 65.5 Å². The van der Waals surface area contributed by atoms with Crippen LogP contribution < -0.4 is 5.32 Å². The van der Waals surface area contributed by atoms with Crippen molar-refractivity contribution in [2.75, 3.05) is 13.1 Å². The average Bonchev–Trinajstić information content (AvgIpc) is 3.05. The van der Waals surface area contributed by atoms with Crippen molar-refractivity contribution in [2.45, 2.75) is 13.1 Å². The lowest BCUT2D eigenvalue weighted by atomic mass is 10.2. The highest BCUT2D eigenvalue weighted by Gasteiger charge is 2.33. The summed E-state index contributed by atoms with van der Waals surface area (Å²) in [5, 5.41) is 4.04. The summed E-state index contributed by atoms with van der Waals surface area (Å²) >= 11 is 12.0. The lowest BCUT2D eigenvalue weighted by Gasteiger charge is -2.21. The van der Waals surface area contributed by atoms with E-state index in [9.17, 15) is 9.59 Å². The van der Waals surface area contributed by atoms with Crippen LogP contribution in [-0.4, -0.2) is 40.8 Å². The summed E-state index contributed by atoms with van der Waals surface area (Å²) in [6.45, 7) is 1.43. The standard InChI is InChI=1S/C21H18Cl2N4O3/c22-16-5-1-3-14(9-16)11-24-19(28)18-13-30-21-25-20(29)26(7-8-27(18)21)12-15-4-2-6-17(23)10-15/h1-6,9-10,13H,7-8,11-12H2,(H,24,28). The van der Waals surface area contributed by atoms with Gasteiger partial charge in [-0.25, -0.2) is 4.79 Å². The molecule has 9 heteroatoms. The van der Waals surface area contributed by atoms with Crippen molar-refractivity contribution in [1.82, 2.24) is 15.1 Å². The molecule has 0 saturated heterocycles. The molecular weight excluding hydrogens is 427 g/mol. The van der Waals surface area contributed by atoms with Crippen LogP contribution in [0.3, 0.4) is 0 Å². The van der Waals surface area contributed by atoms with E-state index >= 15 is 0 Å². The Kier molecular flexibility index (Phi) is 5.92. The number of ether oxygens (including phenoxy) is 1. The van der Waals surface area contributed by atoms with Crippen LogP contribution >= 0.6 is 23.2 Å². The third kappa shape index (κ3) is 4.58. The van der Waals surface area contributed by atoms with E-state index in [0.29, 0.717) is 41.9 Å². The maximum atomic E-state index is 12.7. The highest BCUT2D eigenvalue weighted by Crippen LogP contribution is 2.21. The molecule has 0 aromatic heterocycles. The van der Waals surface area contributed by atoms with E-state index < -0.39 is 6.03 Å². The number of urea groups is 1. The van der Waals surface area contributed by atoms with Gasteiger partial charge in [-0.15, -0.1) is 4.99 Å². The molecule has 30 heavy (non-hydrogen) atoms. The molecule has 2 aromatic carbocycles. The number of halogens is 2. The van der Waals surface area contributed by atoms with Crippen molar-refractivity contribution >= 4 is 41.2 Å². The zero-order valence-electron chi connectivity index (χ0n) is 15.8. The Labute approximate surface area is 183 Å². The number of amides is 3. The number of fused-ring (bicyclic) bond motifs is 1. The first kappa shape index (κ1) is 20.3. The second kappa shape index (κ2) is 8.77. The molecule has 7 nitrogen and oxygen atoms in total. The molecule has 0 spiro atoms. The van der Waals surface area contributed by atoms with Crippen molar-refractivity contribution in [3.8, 4) is 0 Å². The van der Waals surface area contributed by atoms with Gasteiger partial charge in [0, 0.05) is 36.2 Å². The van der Waals surface area contributed by atoms with Gasteiger partial charge in [-0.1, -0.05) is 47.5 Å². The molecule has 0 fully saturated rings. The molecule has 0 saturated carbocycles. The minimum absolute atomic E-state index is 0.0986. The highest BCUT2D eigenvalue weighted by molar-refractivity contribution is 6.30. The lowest BCUT2D eigenvalue weighted by molar-refractivity contribution is -0.118. The maximum Gasteiger partial charge on any atom is 0.348 e. The first-order chi connectivity index (χ1) is 14.5. The summed E-state index contributed by atoms with van der Waals surface area (Å²) in [4.78, 5) is 32.4. The largest absolute Gasteiger partial charge is 0.431 e. The quantitative estimate of drug-likeness (QED) is 0.761. The number of nitrogens with zero attached hydrogens (tertiary/aromatic N) is 3. The Morgan fingerprint density at radius 1 is 1.07 bits per heavy atom. The Morgan fingerprint density at radius 3 is 2.50 bits per heavy atom. The second-order valence-electron chi connectivity index (χ2n) is 6.81. The summed E-state index contributed by atoms with van der Waals surface area (Å²) in [7, 11) is 0. The fraction of sp³-hybridized carbons (Fsp3) is 0.190. The average molecular weight is 445 g/mol. The predicted molar refractivity (Wildman–Crippen MR) is 114 cm³/mol. The first-order valence-corrected chi connectivity index (χ1v) is 10.0. The molecule has 0 atom stereocenters. The number of carbonyl (C=O) groups excluding carboxylic acids is 2. The summed E-state index contributed by atoms with van der Waals surface area (Å²) < 4.78 is 5.39. The predicted octanol–water partition coefficient (Wildman–Crippen LogP) is 3.78. The molecular formula is C21H18Cl2N4O3. The van der Waals surface area contributed by atoms with Gasteiger partial charge < -0.3 is 15.0 Å². The molecule has 3 amide bonds. The molecule has 2 aliphatic heterocycles. The number of carbonyl (C=O) groups is 2. The fourth-order valence-electron chi connectivity index (χ4n) is 3.21. The Morgan fingerprint density at radius 2 is 1.77 bits per heavy atom. The Balaban J connectivity index is 1.40. The van der Waals surface area contributed by atoms with E-state index in [4.69, 9.17) is 27.9 Å². The van der Waals surface area contributed by atoms with Gasteiger partial charge in [-0.05, 0) is 35.4 Å². The number of nitrogens with one attached hydrogen (secondary N) is 1. The van der Waals surface area contributed by atoms with Gasteiger partial charge in [0.25, 0.3) is 5.91 Å². The van der Waals surface area contributed by atoms with Gasteiger partial charge in [0.2, 0.25) is 0 Å². The van der Waals surface area contributed by atoms with Crippen LogP contribution in [0.25, 0.3) is 0 Å². The number of rotatable bonds is 5. The smallest absolute Gasteiger partial charge is 0.348 e. The van der Waals surface area contributed by atoms with Crippen LogP contribution in [0.2, 0.25) is 10.0 Å². The van der Waals surface area contributed by atoms with Crippen LogP contribution in [0.5, 0.6) is 0 Å². The van der Waals surface area contributed by atoms with Crippen LogP contribution in [-0.2, 0) is 22.6 Å². The third-order valence-corrected chi connectivity index (χ3v) is 5.16. The van der Waals surface area contributed by atoms with Crippen molar-refractivity contribution in [3.63, 3.8) is 0 Å². The number of aliphatic imine (C=N–C) groups is 1. The minimum Gasteiger partial charge on any atom is -0.431 e. The molecule has 1 N–H and O–H groups in total. The first-order valence-electron chi connectivity index (χ1n) is 9.28. The topological polar surface area (TPSA) is 74.2 Å². The number of benzene rings is 2. The Hall–Kier alpha value is -3.03. The van der Waals surface area contributed by atoms with Crippen LogP contribution in [0.4, 0.5) is 4.79 Å². The monoisotopic (exact) mass is 444 g/mol. The number of hydrogen-bond acceptors (Lipinski definition) is 4. The van der Waals surface area contributed by atoms with Crippen LogP contribution in [0, 0.1) is 0 Å². The molecule has 0 aliphatic carbocycles. The number of hydrogen-bond donors (Lipinski definition) is 1. The summed E-state index contributed by atoms with van der Waals surface area (Å²) in [6, 6.07) is 14.2. The van der Waals surface area contributed by atoms with Gasteiger partial charge in [-0.2, -0.15) is 0 Å². The highest BCUT2D eigenvalue weighted by atomic mass is 35.5. The van der Waals surface area contributed by atoms with Crippen LogP contribution in [0.1, 0.15) is 11.1 Å². The molecule has 2 aromatic rings. The second-order valence-corrected chi connectivity index (χ2v) is 7.69. The van der Waals surface area contributed by atoms with E-state index in [0.717, 1.165) is 11.1 Å². The SMILES string of the molecule is O=C(NCc1cccc(Cl)c1)C1=COC2=NC(=O)N(Cc3cccc(Cl)c3)CCN12. The molecule has 2 heterocycles. The number of amidine groups is 1. The summed E-state index contributed by atoms with van der Waals surface area (Å²) in [5.41, 5.74) is 2.07. The van der Waals surface area contributed by atoms with Crippen molar-refractivity contribution in [3.05, 3.63) is 81.7 Å². The minimum atomic E-state index is -0.429. The molecule has 0 bridgehead atoms. The van der Waals surface area contributed by atoms with Gasteiger partial charge in [0.1, 0.15) is 12.0 Å². The molecule has 2 aliphatic rings. The van der Waals surface area contributed by atoms with E-state index in [1.807, 2.05) is 24.3 Å². The van der Waals surface area contributed by atoms with E-state index in [1.165, 1.54) is 6.26 Å². The third-order valence-electron chi connectivity index (χ3n) is 4.69. The van der Waals surface area contributed by atoms with Gasteiger partial charge >= 0.3 is 12.1 Å². The Bertz CT molecular complexity index is 1050.